The number of aliphatic carboxylic acids is 1. The number of carboxylic acid groups (broad SMARTS) is 1. The van der Waals surface area contributed by atoms with Crippen LogP contribution in [-0.2, 0) is 11.2 Å². The van der Waals surface area contributed by atoms with E-state index in [2.05, 4.69) is 0 Å². The summed E-state index contributed by atoms with van der Waals surface area (Å²) in [4.78, 5) is 22.8. The lowest BCUT2D eigenvalue weighted by atomic mass is 10.1. The quantitative estimate of drug-likeness (QED) is 0.886. The van der Waals surface area contributed by atoms with Gasteiger partial charge >= 0.3 is 5.97 Å². The molecule has 0 bridgehead atoms. The highest BCUT2D eigenvalue weighted by molar-refractivity contribution is 5.81. The molecule has 0 aliphatic rings. The second kappa shape index (κ2) is 5.23. The summed E-state index contributed by atoms with van der Waals surface area (Å²) in [5.41, 5.74) is -1.15. The van der Waals surface area contributed by atoms with Crippen LogP contribution < -0.4 is 5.43 Å². The molecule has 1 N–H and O–H groups in total. The maximum atomic E-state index is 14.1. The average molecular weight is 299 g/mol. The molecule has 0 aliphatic carbocycles. The predicted octanol–water partition coefficient (Wildman–Crippen LogP) is 2.63. The Morgan fingerprint density at radius 2 is 1.86 bits per heavy atom. The zero-order valence-corrected chi connectivity index (χ0v) is 11.3. The molecule has 0 amide bonds. The minimum Gasteiger partial charge on any atom is -0.481 e. The first-order chi connectivity index (χ1) is 9.73. The standard InChI is InChI=1S/C14H12F3NO3/c1-6(2)18-7(4-11(20)21)3-10(19)8-5-9(15)12(16)13(17)14(8)18/h3,5-6H,4H2,1-2H3,(H,20,21). The Kier molecular flexibility index (Phi) is 3.76. The lowest BCUT2D eigenvalue weighted by molar-refractivity contribution is -0.136. The van der Waals surface area contributed by atoms with Crippen LogP contribution in [0.4, 0.5) is 13.2 Å². The molecule has 1 heterocycles. The summed E-state index contributed by atoms with van der Waals surface area (Å²) in [6.45, 7) is 3.24. The van der Waals surface area contributed by atoms with Crippen molar-refractivity contribution in [2.45, 2.75) is 26.3 Å². The van der Waals surface area contributed by atoms with E-state index in [4.69, 9.17) is 5.11 Å². The lowest BCUT2D eigenvalue weighted by Gasteiger charge is -2.20. The molecule has 0 atom stereocenters. The van der Waals surface area contributed by atoms with Gasteiger partial charge in [-0.1, -0.05) is 0 Å². The lowest BCUT2D eigenvalue weighted by Crippen LogP contribution is -2.20. The van der Waals surface area contributed by atoms with Gasteiger partial charge < -0.3 is 9.67 Å². The average Bonchev–Trinajstić information content (AvgIpc) is 2.36. The molecule has 0 saturated heterocycles. The number of halogens is 3. The number of rotatable bonds is 3. The summed E-state index contributed by atoms with van der Waals surface area (Å²) >= 11 is 0. The minimum absolute atomic E-state index is 0.0277. The smallest absolute Gasteiger partial charge is 0.309 e. The molecule has 0 spiro atoms. The van der Waals surface area contributed by atoms with Gasteiger partial charge in [-0.15, -0.1) is 0 Å². The Balaban J connectivity index is 3.00. The van der Waals surface area contributed by atoms with Crippen LogP contribution >= 0.6 is 0 Å². The molecule has 112 valence electrons. The monoisotopic (exact) mass is 299 g/mol. The molecule has 0 unspecified atom stereocenters. The van der Waals surface area contributed by atoms with E-state index in [-0.39, 0.29) is 11.1 Å². The highest BCUT2D eigenvalue weighted by atomic mass is 19.2. The molecule has 2 aromatic rings. The highest BCUT2D eigenvalue weighted by Gasteiger charge is 2.21. The van der Waals surface area contributed by atoms with E-state index < -0.39 is 46.8 Å². The number of pyridine rings is 1. The van der Waals surface area contributed by atoms with Gasteiger partial charge in [-0.25, -0.2) is 13.2 Å². The first kappa shape index (κ1) is 15.1. The Morgan fingerprint density at radius 3 is 2.38 bits per heavy atom. The Bertz CT molecular complexity index is 796. The molecule has 7 heteroatoms. The van der Waals surface area contributed by atoms with Crippen LogP contribution in [0.3, 0.4) is 0 Å². The molecule has 4 nitrogen and oxygen atoms in total. The van der Waals surface area contributed by atoms with Crippen molar-refractivity contribution in [2.75, 3.05) is 0 Å². The number of fused-ring (bicyclic) bond motifs is 1. The van der Waals surface area contributed by atoms with Gasteiger partial charge in [-0.3, -0.25) is 9.59 Å². The Morgan fingerprint density at radius 1 is 1.24 bits per heavy atom. The number of nitrogens with zero attached hydrogens (tertiary/aromatic N) is 1. The van der Waals surface area contributed by atoms with Crippen molar-refractivity contribution in [2.24, 2.45) is 0 Å². The van der Waals surface area contributed by atoms with Gasteiger partial charge in [0, 0.05) is 17.8 Å². The molecule has 0 radical (unpaired) electrons. The second-order valence-corrected chi connectivity index (χ2v) is 4.92. The SMILES string of the molecule is CC(C)n1c(CC(=O)O)cc(=O)c2cc(F)c(F)c(F)c21. The van der Waals surface area contributed by atoms with E-state index in [1.807, 2.05) is 0 Å². The highest BCUT2D eigenvalue weighted by Crippen LogP contribution is 2.25. The van der Waals surface area contributed by atoms with Crippen molar-refractivity contribution in [3.63, 3.8) is 0 Å². The summed E-state index contributed by atoms with van der Waals surface area (Å²) < 4.78 is 42.0. The first-order valence-electron chi connectivity index (χ1n) is 6.17. The van der Waals surface area contributed by atoms with Crippen LogP contribution in [-0.4, -0.2) is 15.6 Å². The molecule has 0 fully saturated rings. The van der Waals surface area contributed by atoms with Crippen LogP contribution in [0, 0.1) is 17.5 Å². The van der Waals surface area contributed by atoms with E-state index in [0.717, 1.165) is 6.07 Å². The molecule has 1 aromatic carbocycles. The van der Waals surface area contributed by atoms with Crippen molar-refractivity contribution in [3.05, 3.63) is 45.5 Å². The third-order valence-corrected chi connectivity index (χ3v) is 3.10. The number of carbonyl (C=O) groups is 1. The number of aromatic nitrogens is 1. The predicted molar refractivity (Wildman–Crippen MR) is 69.8 cm³/mol. The normalized spacial score (nSPS) is 11.3. The third-order valence-electron chi connectivity index (χ3n) is 3.10. The van der Waals surface area contributed by atoms with Crippen LogP contribution in [0.15, 0.2) is 16.9 Å². The van der Waals surface area contributed by atoms with E-state index >= 15 is 0 Å². The molecular weight excluding hydrogens is 287 g/mol. The van der Waals surface area contributed by atoms with Crippen LogP contribution in [0.1, 0.15) is 25.6 Å². The molecule has 0 saturated carbocycles. The molecule has 2 rings (SSSR count). The summed E-state index contributed by atoms with van der Waals surface area (Å²) in [5, 5.41) is 8.54. The fraction of sp³-hybridized carbons (Fsp3) is 0.286. The van der Waals surface area contributed by atoms with Crippen molar-refractivity contribution in [3.8, 4) is 0 Å². The van der Waals surface area contributed by atoms with E-state index in [9.17, 15) is 22.8 Å². The number of hydrogen-bond donors (Lipinski definition) is 1. The fourth-order valence-corrected chi connectivity index (χ4v) is 2.33. The van der Waals surface area contributed by atoms with Crippen LogP contribution in [0.5, 0.6) is 0 Å². The molecule has 21 heavy (non-hydrogen) atoms. The van der Waals surface area contributed by atoms with E-state index in [1.54, 1.807) is 13.8 Å². The number of carboxylic acids is 1. The van der Waals surface area contributed by atoms with Crippen molar-refractivity contribution in [1.82, 2.24) is 4.57 Å². The van der Waals surface area contributed by atoms with Gasteiger partial charge in [0.05, 0.1) is 17.3 Å². The third kappa shape index (κ3) is 2.51. The van der Waals surface area contributed by atoms with Crippen molar-refractivity contribution < 1.29 is 23.1 Å². The summed E-state index contributed by atoms with van der Waals surface area (Å²) in [7, 11) is 0. The van der Waals surface area contributed by atoms with Crippen molar-refractivity contribution in [1.29, 1.82) is 0 Å². The van der Waals surface area contributed by atoms with Gasteiger partial charge in [0.2, 0.25) is 0 Å². The molecular formula is C14H12F3NO3. The zero-order chi connectivity index (χ0) is 15.9. The minimum atomic E-state index is -1.69. The Hall–Kier alpha value is -2.31. The van der Waals surface area contributed by atoms with Gasteiger partial charge in [-0.05, 0) is 19.9 Å². The number of hydrogen-bond acceptors (Lipinski definition) is 2. The van der Waals surface area contributed by atoms with Gasteiger partial charge in [0.1, 0.15) is 0 Å². The Labute approximate surface area is 117 Å². The van der Waals surface area contributed by atoms with Crippen molar-refractivity contribution >= 4 is 16.9 Å². The van der Waals surface area contributed by atoms with E-state index in [1.165, 1.54) is 4.57 Å². The fourth-order valence-electron chi connectivity index (χ4n) is 2.33. The summed E-state index contributed by atoms with van der Waals surface area (Å²) in [6.07, 6.45) is -0.526. The first-order valence-corrected chi connectivity index (χ1v) is 6.17. The maximum Gasteiger partial charge on any atom is 0.309 e. The molecule has 0 aliphatic heterocycles. The van der Waals surface area contributed by atoms with Crippen LogP contribution in [0.25, 0.3) is 10.9 Å². The van der Waals surface area contributed by atoms with Gasteiger partial charge in [-0.2, -0.15) is 0 Å². The topological polar surface area (TPSA) is 59.3 Å². The summed E-state index contributed by atoms with van der Waals surface area (Å²) in [6, 6.07) is 1.19. The molecule has 1 aromatic heterocycles. The van der Waals surface area contributed by atoms with Gasteiger partial charge in [0.25, 0.3) is 0 Å². The maximum absolute atomic E-state index is 14.1. The zero-order valence-electron chi connectivity index (χ0n) is 11.3. The summed E-state index contributed by atoms with van der Waals surface area (Å²) in [5.74, 6) is -5.86. The largest absolute Gasteiger partial charge is 0.481 e. The van der Waals surface area contributed by atoms with Gasteiger partial charge in [0.15, 0.2) is 22.9 Å². The van der Waals surface area contributed by atoms with Crippen LogP contribution in [0.2, 0.25) is 0 Å². The van der Waals surface area contributed by atoms with E-state index in [0.29, 0.717) is 6.07 Å². The number of benzene rings is 1. The second-order valence-electron chi connectivity index (χ2n) is 4.92.